The van der Waals surface area contributed by atoms with Gasteiger partial charge in [-0.3, -0.25) is 9.48 Å². The minimum Gasteiger partial charge on any atom is -0.291 e. The molecule has 1 aromatic heterocycles. The number of aromatic nitrogens is 2. The molecule has 0 fully saturated rings. The zero-order chi connectivity index (χ0) is 13.3. The molecule has 5 nitrogen and oxygen atoms in total. The van der Waals surface area contributed by atoms with Gasteiger partial charge in [-0.25, -0.2) is 8.42 Å². The van der Waals surface area contributed by atoms with Crippen molar-refractivity contribution in [2.75, 3.05) is 6.26 Å². The van der Waals surface area contributed by atoms with Crippen LogP contribution in [0.5, 0.6) is 0 Å². The fourth-order valence-corrected chi connectivity index (χ4v) is 1.83. The third-order valence-electron chi connectivity index (χ3n) is 2.86. The van der Waals surface area contributed by atoms with Gasteiger partial charge in [0.2, 0.25) is 5.78 Å². The SMILES string of the molecule is CCCn1nccc1C(=O)C(C)(C)S(C)(=O)=O. The number of sulfone groups is 1. The van der Waals surface area contributed by atoms with Crippen LogP contribution in [-0.2, 0) is 16.4 Å². The van der Waals surface area contributed by atoms with E-state index in [0.717, 1.165) is 12.7 Å². The van der Waals surface area contributed by atoms with Gasteiger partial charge in [-0.2, -0.15) is 5.10 Å². The predicted molar refractivity (Wildman–Crippen MR) is 65.8 cm³/mol. The van der Waals surface area contributed by atoms with Crippen molar-refractivity contribution >= 4 is 15.6 Å². The Balaban J connectivity index is 3.17. The second-order valence-corrected chi connectivity index (χ2v) is 7.12. The van der Waals surface area contributed by atoms with E-state index in [0.29, 0.717) is 12.2 Å². The fourth-order valence-electron chi connectivity index (χ4n) is 1.39. The standard InChI is InChI=1S/C11H18N2O3S/c1-5-8-13-9(6-7-12-13)10(14)11(2,3)17(4,15)16/h6-7H,5,8H2,1-4H3. The number of carbonyl (C=O) groups is 1. The van der Waals surface area contributed by atoms with E-state index in [-0.39, 0.29) is 0 Å². The van der Waals surface area contributed by atoms with Crippen molar-refractivity contribution in [1.29, 1.82) is 0 Å². The van der Waals surface area contributed by atoms with Crippen molar-refractivity contribution in [1.82, 2.24) is 9.78 Å². The van der Waals surface area contributed by atoms with E-state index in [1.54, 1.807) is 10.7 Å². The Morgan fingerprint density at radius 2 is 2.06 bits per heavy atom. The van der Waals surface area contributed by atoms with E-state index in [2.05, 4.69) is 5.10 Å². The molecule has 17 heavy (non-hydrogen) atoms. The number of hydrogen-bond donors (Lipinski definition) is 0. The lowest BCUT2D eigenvalue weighted by atomic mass is 10.1. The van der Waals surface area contributed by atoms with Crippen LogP contribution in [-0.4, -0.2) is 35.0 Å². The summed E-state index contributed by atoms with van der Waals surface area (Å²) in [6.07, 6.45) is 3.42. The number of carbonyl (C=O) groups excluding carboxylic acids is 1. The molecule has 0 aromatic carbocycles. The van der Waals surface area contributed by atoms with Gasteiger partial charge < -0.3 is 0 Å². The van der Waals surface area contributed by atoms with Crippen molar-refractivity contribution in [2.24, 2.45) is 0 Å². The quantitative estimate of drug-likeness (QED) is 0.746. The Morgan fingerprint density at radius 3 is 2.53 bits per heavy atom. The van der Waals surface area contributed by atoms with Crippen LogP contribution in [0.15, 0.2) is 12.3 Å². The van der Waals surface area contributed by atoms with Crippen LogP contribution >= 0.6 is 0 Å². The van der Waals surface area contributed by atoms with Crippen molar-refractivity contribution < 1.29 is 13.2 Å². The Hall–Kier alpha value is -1.17. The molecule has 0 bridgehead atoms. The molecule has 0 aliphatic carbocycles. The number of ketones is 1. The monoisotopic (exact) mass is 258 g/mol. The van der Waals surface area contributed by atoms with E-state index in [4.69, 9.17) is 0 Å². The van der Waals surface area contributed by atoms with Crippen LogP contribution in [0.1, 0.15) is 37.7 Å². The molecule has 0 unspecified atom stereocenters. The van der Waals surface area contributed by atoms with E-state index in [1.807, 2.05) is 6.92 Å². The highest BCUT2D eigenvalue weighted by Crippen LogP contribution is 2.21. The van der Waals surface area contributed by atoms with Crippen molar-refractivity contribution in [3.8, 4) is 0 Å². The average molecular weight is 258 g/mol. The van der Waals surface area contributed by atoms with E-state index in [9.17, 15) is 13.2 Å². The minimum absolute atomic E-state index is 0.349. The van der Waals surface area contributed by atoms with Crippen LogP contribution < -0.4 is 0 Å². The van der Waals surface area contributed by atoms with Gasteiger partial charge >= 0.3 is 0 Å². The summed E-state index contributed by atoms with van der Waals surface area (Å²) in [5.74, 6) is -0.411. The van der Waals surface area contributed by atoms with Crippen LogP contribution in [0.2, 0.25) is 0 Å². The lowest BCUT2D eigenvalue weighted by Crippen LogP contribution is -2.41. The summed E-state index contributed by atoms with van der Waals surface area (Å²) in [5.41, 5.74) is 0.349. The lowest BCUT2D eigenvalue weighted by Gasteiger charge is -2.21. The van der Waals surface area contributed by atoms with Crippen molar-refractivity contribution in [3.63, 3.8) is 0 Å². The van der Waals surface area contributed by atoms with Gasteiger partial charge in [-0.05, 0) is 26.3 Å². The van der Waals surface area contributed by atoms with Crippen LogP contribution in [0.3, 0.4) is 0 Å². The Labute approximate surface area is 102 Å². The summed E-state index contributed by atoms with van der Waals surface area (Å²) in [7, 11) is -3.45. The molecule has 0 saturated heterocycles. The first kappa shape index (κ1) is 13.9. The van der Waals surface area contributed by atoms with E-state index >= 15 is 0 Å². The molecule has 0 N–H and O–H groups in total. The van der Waals surface area contributed by atoms with Gasteiger partial charge in [-0.1, -0.05) is 6.92 Å². The van der Waals surface area contributed by atoms with Crippen LogP contribution in [0, 0.1) is 0 Å². The number of aryl methyl sites for hydroxylation is 1. The molecule has 0 atom stereocenters. The molecule has 1 aromatic rings. The maximum absolute atomic E-state index is 12.2. The second kappa shape index (κ2) is 4.60. The minimum atomic E-state index is -3.45. The first-order valence-electron chi connectivity index (χ1n) is 5.48. The molecule has 0 aliphatic rings. The molecule has 0 radical (unpaired) electrons. The molecule has 96 valence electrons. The molecule has 1 rings (SSSR count). The number of rotatable bonds is 5. The van der Waals surface area contributed by atoms with E-state index in [1.165, 1.54) is 20.0 Å². The van der Waals surface area contributed by atoms with Gasteiger partial charge in [0, 0.05) is 19.0 Å². The largest absolute Gasteiger partial charge is 0.291 e. The molecule has 0 amide bonds. The number of hydrogen-bond acceptors (Lipinski definition) is 4. The summed E-state index contributed by atoms with van der Waals surface area (Å²) < 4.78 is 23.3. The van der Waals surface area contributed by atoms with Gasteiger partial charge in [0.15, 0.2) is 9.84 Å². The van der Waals surface area contributed by atoms with Gasteiger partial charge in [0.1, 0.15) is 10.4 Å². The third-order valence-corrected chi connectivity index (χ3v) is 4.90. The second-order valence-electron chi connectivity index (χ2n) is 4.55. The maximum Gasteiger partial charge on any atom is 0.201 e. The average Bonchev–Trinajstić information content (AvgIpc) is 2.63. The molecule has 0 aliphatic heterocycles. The van der Waals surface area contributed by atoms with E-state index < -0.39 is 20.4 Å². The van der Waals surface area contributed by atoms with Crippen LogP contribution in [0.25, 0.3) is 0 Å². The van der Waals surface area contributed by atoms with Crippen LogP contribution in [0.4, 0.5) is 0 Å². The topological polar surface area (TPSA) is 69.0 Å². The zero-order valence-corrected chi connectivity index (χ0v) is 11.4. The number of Topliss-reactive ketones (excluding diaryl/α,β-unsaturated/α-hetero) is 1. The molecule has 0 saturated carbocycles. The van der Waals surface area contributed by atoms with Gasteiger partial charge in [0.25, 0.3) is 0 Å². The predicted octanol–water partition coefficient (Wildman–Crippen LogP) is 1.30. The summed E-state index contributed by atoms with van der Waals surface area (Å²) in [6.45, 7) is 5.42. The fraction of sp³-hybridized carbons (Fsp3) is 0.636. The molecule has 6 heteroatoms. The third kappa shape index (κ3) is 2.57. The van der Waals surface area contributed by atoms with Gasteiger partial charge in [0.05, 0.1) is 0 Å². The first-order chi connectivity index (χ1) is 7.71. The molecule has 0 spiro atoms. The first-order valence-corrected chi connectivity index (χ1v) is 7.37. The molecular weight excluding hydrogens is 240 g/mol. The normalized spacial score (nSPS) is 12.7. The maximum atomic E-state index is 12.2. The molecular formula is C11H18N2O3S. The Morgan fingerprint density at radius 1 is 1.47 bits per heavy atom. The van der Waals surface area contributed by atoms with Gasteiger partial charge in [-0.15, -0.1) is 0 Å². The number of nitrogens with zero attached hydrogens (tertiary/aromatic N) is 2. The summed E-state index contributed by atoms with van der Waals surface area (Å²) in [4.78, 5) is 12.2. The molecule has 1 heterocycles. The Kier molecular flexibility index (Phi) is 3.76. The van der Waals surface area contributed by atoms with Crippen molar-refractivity contribution in [3.05, 3.63) is 18.0 Å². The summed E-state index contributed by atoms with van der Waals surface area (Å²) >= 11 is 0. The Bertz CT molecular complexity index is 515. The lowest BCUT2D eigenvalue weighted by molar-refractivity contribution is 0.0943. The summed E-state index contributed by atoms with van der Waals surface area (Å²) in [6, 6.07) is 1.56. The highest BCUT2D eigenvalue weighted by atomic mass is 32.2. The summed E-state index contributed by atoms with van der Waals surface area (Å²) in [5, 5.41) is 4.02. The smallest absolute Gasteiger partial charge is 0.201 e. The highest BCUT2D eigenvalue weighted by molar-refractivity contribution is 7.92. The highest BCUT2D eigenvalue weighted by Gasteiger charge is 2.40. The zero-order valence-electron chi connectivity index (χ0n) is 10.6. The van der Waals surface area contributed by atoms with Crippen molar-refractivity contribution in [2.45, 2.75) is 38.5 Å².